The van der Waals surface area contributed by atoms with Crippen LogP contribution in [-0.2, 0) is 11.2 Å². The lowest BCUT2D eigenvalue weighted by Crippen LogP contribution is -2.43. The molecule has 3 heterocycles. The van der Waals surface area contributed by atoms with E-state index in [4.69, 9.17) is 0 Å². The number of piperidine rings is 1. The number of rotatable bonds is 4. The van der Waals surface area contributed by atoms with Gasteiger partial charge in [0.1, 0.15) is 23.0 Å². The van der Waals surface area contributed by atoms with Crippen molar-refractivity contribution in [3.05, 3.63) is 59.9 Å². The van der Waals surface area contributed by atoms with Gasteiger partial charge in [-0.3, -0.25) is 9.78 Å². The Balaban J connectivity index is 1.34. The van der Waals surface area contributed by atoms with E-state index in [1.165, 1.54) is 18.2 Å². The van der Waals surface area contributed by atoms with Crippen LogP contribution in [0.5, 0.6) is 0 Å². The summed E-state index contributed by atoms with van der Waals surface area (Å²) in [7, 11) is 0. The molecular formula is C20H19F2N5O. The number of halogens is 2. The van der Waals surface area contributed by atoms with E-state index in [1.807, 2.05) is 12.1 Å². The lowest BCUT2D eigenvalue weighted by atomic mass is 10.0. The Kier molecular flexibility index (Phi) is 5.10. The molecule has 1 aromatic carbocycles. The number of carbonyl (C=O) groups excluding carboxylic acids is 1. The molecule has 0 bridgehead atoms. The molecular weight excluding hydrogens is 364 g/mol. The number of carbonyl (C=O) groups is 1. The Morgan fingerprint density at radius 3 is 2.54 bits per heavy atom. The quantitative estimate of drug-likeness (QED) is 0.750. The summed E-state index contributed by atoms with van der Waals surface area (Å²) < 4.78 is 27.5. The molecule has 2 aromatic heterocycles. The van der Waals surface area contributed by atoms with Gasteiger partial charge in [0.05, 0.1) is 6.42 Å². The third-order valence-electron chi connectivity index (χ3n) is 4.92. The Labute approximate surface area is 160 Å². The van der Waals surface area contributed by atoms with E-state index < -0.39 is 11.6 Å². The highest BCUT2D eigenvalue weighted by atomic mass is 19.1. The Bertz CT molecular complexity index is 985. The van der Waals surface area contributed by atoms with Crippen LogP contribution in [0.2, 0.25) is 0 Å². The van der Waals surface area contributed by atoms with Crippen molar-refractivity contribution in [1.29, 1.82) is 0 Å². The molecule has 6 nitrogen and oxygen atoms in total. The summed E-state index contributed by atoms with van der Waals surface area (Å²) in [6, 6.07) is 7.51. The van der Waals surface area contributed by atoms with Crippen LogP contribution in [0.3, 0.4) is 0 Å². The number of hydrogen-bond acceptors (Lipinski definition) is 5. The van der Waals surface area contributed by atoms with Crippen molar-refractivity contribution in [2.24, 2.45) is 0 Å². The molecule has 28 heavy (non-hydrogen) atoms. The average molecular weight is 383 g/mol. The standard InChI is InChI=1S/C20H19F2N5O/c21-15-2-1-3-16(22)14(15)12-19(28)27-10-6-13(7-11-27)25-18-5-4-17-20(26-18)24-9-8-23-17/h1-5,8-9,13H,6-7,10-12H2,(H,24,25,26). The minimum Gasteiger partial charge on any atom is -0.367 e. The van der Waals surface area contributed by atoms with Crippen molar-refractivity contribution in [2.75, 3.05) is 18.4 Å². The van der Waals surface area contributed by atoms with E-state index in [9.17, 15) is 13.6 Å². The van der Waals surface area contributed by atoms with Gasteiger partial charge < -0.3 is 10.2 Å². The van der Waals surface area contributed by atoms with Crippen LogP contribution >= 0.6 is 0 Å². The van der Waals surface area contributed by atoms with E-state index in [2.05, 4.69) is 20.3 Å². The summed E-state index contributed by atoms with van der Waals surface area (Å²) in [6.07, 6.45) is 4.41. The molecule has 1 fully saturated rings. The zero-order valence-electron chi connectivity index (χ0n) is 15.1. The van der Waals surface area contributed by atoms with Gasteiger partial charge in [-0.1, -0.05) is 6.07 Å². The summed E-state index contributed by atoms with van der Waals surface area (Å²) in [5, 5.41) is 3.36. The highest BCUT2D eigenvalue weighted by molar-refractivity contribution is 5.79. The predicted molar refractivity (Wildman–Crippen MR) is 101 cm³/mol. The van der Waals surface area contributed by atoms with E-state index in [1.54, 1.807) is 17.3 Å². The van der Waals surface area contributed by atoms with Gasteiger partial charge in [-0.25, -0.2) is 18.7 Å². The van der Waals surface area contributed by atoms with Crippen LogP contribution in [0, 0.1) is 11.6 Å². The minimum absolute atomic E-state index is 0.163. The fourth-order valence-corrected chi connectivity index (χ4v) is 3.38. The first kappa shape index (κ1) is 18.2. The maximum absolute atomic E-state index is 13.8. The molecule has 0 unspecified atom stereocenters. The number of nitrogens with zero attached hydrogens (tertiary/aromatic N) is 4. The summed E-state index contributed by atoms with van der Waals surface area (Å²) >= 11 is 0. The molecule has 0 atom stereocenters. The van der Waals surface area contributed by atoms with Crippen molar-refractivity contribution in [1.82, 2.24) is 19.9 Å². The lowest BCUT2D eigenvalue weighted by molar-refractivity contribution is -0.131. The van der Waals surface area contributed by atoms with E-state index >= 15 is 0 Å². The number of benzene rings is 1. The number of likely N-dealkylation sites (tertiary alicyclic amines) is 1. The van der Waals surface area contributed by atoms with Crippen LogP contribution in [0.1, 0.15) is 18.4 Å². The first-order chi connectivity index (χ1) is 13.6. The average Bonchev–Trinajstić information content (AvgIpc) is 2.71. The molecule has 0 spiro atoms. The van der Waals surface area contributed by atoms with Crippen molar-refractivity contribution < 1.29 is 13.6 Å². The number of anilines is 1. The van der Waals surface area contributed by atoms with E-state index in [0.717, 1.165) is 18.4 Å². The van der Waals surface area contributed by atoms with Crippen LogP contribution in [-0.4, -0.2) is 44.9 Å². The molecule has 1 amide bonds. The molecule has 4 rings (SSSR count). The Morgan fingerprint density at radius 1 is 1.07 bits per heavy atom. The number of nitrogens with one attached hydrogen (secondary N) is 1. The number of pyridine rings is 1. The SMILES string of the molecule is O=C(Cc1c(F)cccc1F)N1CCC(Nc2ccc3nccnc3n2)CC1. The smallest absolute Gasteiger partial charge is 0.227 e. The normalized spacial score (nSPS) is 15.0. The molecule has 3 aromatic rings. The zero-order chi connectivity index (χ0) is 19.5. The predicted octanol–water partition coefficient (Wildman–Crippen LogP) is 2.95. The van der Waals surface area contributed by atoms with Gasteiger partial charge in [-0.05, 0) is 37.1 Å². The second-order valence-corrected chi connectivity index (χ2v) is 6.77. The minimum atomic E-state index is -0.685. The second-order valence-electron chi connectivity index (χ2n) is 6.77. The van der Waals surface area contributed by atoms with E-state index in [-0.39, 0.29) is 23.9 Å². The lowest BCUT2D eigenvalue weighted by Gasteiger charge is -2.32. The Morgan fingerprint density at radius 2 is 1.79 bits per heavy atom. The molecule has 1 aliphatic heterocycles. The first-order valence-corrected chi connectivity index (χ1v) is 9.15. The van der Waals surface area contributed by atoms with Gasteiger partial charge >= 0.3 is 0 Å². The van der Waals surface area contributed by atoms with Crippen molar-refractivity contribution in [2.45, 2.75) is 25.3 Å². The van der Waals surface area contributed by atoms with Crippen LogP contribution in [0.4, 0.5) is 14.6 Å². The van der Waals surface area contributed by atoms with Gasteiger partial charge in [0.25, 0.3) is 0 Å². The molecule has 8 heteroatoms. The van der Waals surface area contributed by atoms with Gasteiger partial charge in [-0.2, -0.15) is 0 Å². The van der Waals surface area contributed by atoms with Gasteiger partial charge in [0, 0.05) is 37.1 Å². The highest BCUT2D eigenvalue weighted by Crippen LogP contribution is 2.19. The third-order valence-corrected chi connectivity index (χ3v) is 4.92. The topological polar surface area (TPSA) is 71.0 Å². The molecule has 1 N–H and O–H groups in total. The van der Waals surface area contributed by atoms with Crippen LogP contribution in [0.25, 0.3) is 11.2 Å². The molecule has 0 aliphatic carbocycles. The Hall–Kier alpha value is -3.16. The largest absolute Gasteiger partial charge is 0.367 e. The highest BCUT2D eigenvalue weighted by Gasteiger charge is 2.24. The molecule has 0 radical (unpaired) electrons. The van der Waals surface area contributed by atoms with Crippen LogP contribution in [0.15, 0.2) is 42.7 Å². The van der Waals surface area contributed by atoms with E-state index in [0.29, 0.717) is 24.6 Å². The number of fused-ring (bicyclic) bond motifs is 1. The maximum Gasteiger partial charge on any atom is 0.227 e. The fourth-order valence-electron chi connectivity index (χ4n) is 3.38. The maximum atomic E-state index is 13.8. The molecule has 1 aliphatic rings. The van der Waals surface area contributed by atoms with Gasteiger partial charge in [0.2, 0.25) is 5.91 Å². The summed E-state index contributed by atoms with van der Waals surface area (Å²) in [5.41, 5.74) is 1.13. The summed E-state index contributed by atoms with van der Waals surface area (Å²) in [6.45, 7) is 1.06. The fraction of sp³-hybridized carbons (Fsp3) is 0.300. The molecule has 0 saturated carbocycles. The third kappa shape index (κ3) is 3.90. The van der Waals surface area contributed by atoms with Crippen LogP contribution < -0.4 is 5.32 Å². The van der Waals surface area contributed by atoms with Crippen molar-refractivity contribution in [3.8, 4) is 0 Å². The van der Waals surface area contributed by atoms with Gasteiger partial charge in [-0.15, -0.1) is 0 Å². The number of hydrogen-bond donors (Lipinski definition) is 1. The number of amides is 1. The molecule has 1 saturated heterocycles. The number of aromatic nitrogens is 3. The summed E-state index contributed by atoms with van der Waals surface area (Å²) in [5.74, 6) is -0.918. The summed E-state index contributed by atoms with van der Waals surface area (Å²) in [4.78, 5) is 26.9. The zero-order valence-corrected chi connectivity index (χ0v) is 15.1. The first-order valence-electron chi connectivity index (χ1n) is 9.15. The molecule has 144 valence electrons. The van der Waals surface area contributed by atoms with Crippen molar-refractivity contribution in [3.63, 3.8) is 0 Å². The van der Waals surface area contributed by atoms with Gasteiger partial charge in [0.15, 0.2) is 5.65 Å². The second kappa shape index (κ2) is 7.84. The van der Waals surface area contributed by atoms with Crippen molar-refractivity contribution >= 4 is 22.9 Å². The monoisotopic (exact) mass is 383 g/mol.